The number of hydrogen-bond acceptors (Lipinski definition) is 3. The summed E-state index contributed by atoms with van der Waals surface area (Å²) in [7, 11) is 0. The molecule has 3 heterocycles. The van der Waals surface area contributed by atoms with Crippen LogP contribution in [0.25, 0.3) is 22.5 Å². The molecule has 140 valence electrons. The van der Waals surface area contributed by atoms with E-state index in [9.17, 15) is 0 Å². The highest BCUT2D eigenvalue weighted by Crippen LogP contribution is 2.31. The topological polar surface area (TPSA) is 44.9 Å². The molecule has 1 aliphatic heterocycles. The van der Waals surface area contributed by atoms with Crippen LogP contribution in [0.3, 0.4) is 0 Å². The van der Waals surface area contributed by atoms with Crippen LogP contribution in [0.5, 0.6) is 0 Å². The Morgan fingerprint density at radius 2 is 2.11 bits per heavy atom. The first kappa shape index (κ1) is 17.7. The minimum Gasteiger partial charge on any atom is -0.381 e. The lowest BCUT2D eigenvalue weighted by Gasteiger charge is -2.11. The molecule has 5 nitrogen and oxygen atoms in total. The number of benzene rings is 1. The second-order valence-electron chi connectivity index (χ2n) is 7.11. The Bertz CT molecular complexity index is 875. The predicted octanol–water partition coefficient (Wildman–Crippen LogP) is 4.42. The van der Waals surface area contributed by atoms with Crippen molar-refractivity contribution in [2.24, 2.45) is 5.92 Å². The monoisotopic (exact) mass is 362 g/mol. The molecule has 0 unspecified atom stereocenters. The zero-order valence-corrected chi connectivity index (χ0v) is 15.6. The van der Waals surface area contributed by atoms with Crippen molar-refractivity contribution in [2.75, 3.05) is 13.2 Å². The van der Waals surface area contributed by atoms with E-state index in [2.05, 4.69) is 46.7 Å². The predicted molar refractivity (Wildman–Crippen MR) is 107 cm³/mol. The molecule has 0 N–H and O–H groups in total. The Balaban J connectivity index is 1.61. The van der Waals surface area contributed by atoms with Crippen molar-refractivity contribution in [1.29, 1.82) is 0 Å². The van der Waals surface area contributed by atoms with Crippen LogP contribution in [0.2, 0.25) is 0 Å². The fourth-order valence-electron chi connectivity index (χ4n) is 3.74. The van der Waals surface area contributed by atoms with Crippen LogP contribution >= 0.6 is 0 Å². The standard InChI is InChI=1S/C22H26N4O/c1-2-11-26-15-20(14-24-26)22-21(19-8-4-3-5-9-19)23-17-25(22)12-6-7-18-10-13-27-16-18/h2-5,8-9,14-15,17-18H,1,6-7,10-13,16H2/t18-/m1/s1. The largest absolute Gasteiger partial charge is 0.381 e. The van der Waals surface area contributed by atoms with Gasteiger partial charge in [-0.3, -0.25) is 4.68 Å². The van der Waals surface area contributed by atoms with E-state index in [1.54, 1.807) is 0 Å². The van der Waals surface area contributed by atoms with Crippen molar-refractivity contribution in [1.82, 2.24) is 19.3 Å². The third-order valence-corrected chi connectivity index (χ3v) is 5.14. The molecule has 5 heteroatoms. The van der Waals surface area contributed by atoms with Gasteiger partial charge in [0.15, 0.2) is 0 Å². The van der Waals surface area contributed by atoms with Crippen LogP contribution < -0.4 is 0 Å². The van der Waals surface area contributed by atoms with Gasteiger partial charge in [0.1, 0.15) is 0 Å². The highest BCUT2D eigenvalue weighted by molar-refractivity contribution is 5.78. The number of ether oxygens (including phenoxy) is 1. The van der Waals surface area contributed by atoms with Crippen LogP contribution in [0, 0.1) is 5.92 Å². The summed E-state index contributed by atoms with van der Waals surface area (Å²) >= 11 is 0. The fraction of sp³-hybridized carbons (Fsp3) is 0.364. The zero-order chi connectivity index (χ0) is 18.5. The lowest BCUT2D eigenvalue weighted by atomic mass is 10.0. The summed E-state index contributed by atoms with van der Waals surface area (Å²) in [5.74, 6) is 0.709. The van der Waals surface area contributed by atoms with Gasteiger partial charge in [-0.05, 0) is 25.2 Å². The van der Waals surface area contributed by atoms with Crippen molar-refractivity contribution in [3.05, 3.63) is 61.7 Å². The lowest BCUT2D eigenvalue weighted by molar-refractivity contribution is 0.183. The van der Waals surface area contributed by atoms with Crippen LogP contribution in [0.1, 0.15) is 19.3 Å². The van der Waals surface area contributed by atoms with E-state index in [-0.39, 0.29) is 0 Å². The summed E-state index contributed by atoms with van der Waals surface area (Å²) in [4.78, 5) is 4.75. The van der Waals surface area contributed by atoms with Crippen LogP contribution in [-0.4, -0.2) is 32.5 Å². The molecule has 2 aromatic heterocycles. The molecule has 0 saturated carbocycles. The number of aromatic nitrogens is 4. The Morgan fingerprint density at radius 1 is 1.22 bits per heavy atom. The van der Waals surface area contributed by atoms with E-state index in [1.807, 2.05) is 29.3 Å². The molecule has 0 radical (unpaired) electrons. The molecular formula is C22H26N4O. The first-order valence-corrected chi connectivity index (χ1v) is 9.67. The molecule has 1 aliphatic rings. The quantitative estimate of drug-likeness (QED) is 0.557. The molecule has 1 fully saturated rings. The zero-order valence-electron chi connectivity index (χ0n) is 15.6. The minimum atomic E-state index is 0.705. The van der Waals surface area contributed by atoms with E-state index >= 15 is 0 Å². The molecule has 3 aromatic rings. The molecule has 0 bridgehead atoms. The third-order valence-electron chi connectivity index (χ3n) is 5.14. The molecule has 0 spiro atoms. The van der Waals surface area contributed by atoms with Crippen LogP contribution in [-0.2, 0) is 17.8 Å². The molecule has 1 aromatic carbocycles. The van der Waals surface area contributed by atoms with E-state index in [4.69, 9.17) is 9.72 Å². The van der Waals surface area contributed by atoms with Gasteiger partial charge >= 0.3 is 0 Å². The maximum Gasteiger partial charge on any atom is 0.0964 e. The van der Waals surface area contributed by atoms with Crippen LogP contribution in [0.4, 0.5) is 0 Å². The number of rotatable bonds is 8. The number of allylic oxidation sites excluding steroid dienone is 1. The Hall–Kier alpha value is -2.66. The molecule has 0 aliphatic carbocycles. The minimum absolute atomic E-state index is 0.705. The summed E-state index contributed by atoms with van der Waals surface area (Å²) in [5, 5.41) is 4.47. The summed E-state index contributed by atoms with van der Waals surface area (Å²) < 4.78 is 9.68. The highest BCUT2D eigenvalue weighted by atomic mass is 16.5. The maximum absolute atomic E-state index is 5.50. The summed E-state index contributed by atoms with van der Waals surface area (Å²) in [6.45, 7) is 7.30. The summed E-state index contributed by atoms with van der Waals surface area (Å²) in [6, 6.07) is 10.4. The number of aryl methyl sites for hydroxylation is 1. The van der Waals surface area contributed by atoms with Crippen molar-refractivity contribution >= 4 is 0 Å². The molecular weight excluding hydrogens is 336 g/mol. The number of nitrogens with zero attached hydrogens (tertiary/aromatic N) is 4. The Kier molecular flexibility index (Phi) is 5.49. The lowest BCUT2D eigenvalue weighted by Crippen LogP contribution is -2.04. The van der Waals surface area contributed by atoms with E-state index < -0.39 is 0 Å². The molecule has 0 amide bonds. The third kappa shape index (κ3) is 4.03. The second kappa shape index (κ2) is 8.35. The van der Waals surface area contributed by atoms with Gasteiger partial charge in [-0.1, -0.05) is 36.4 Å². The fourth-order valence-corrected chi connectivity index (χ4v) is 3.74. The summed E-state index contributed by atoms with van der Waals surface area (Å²) in [5.41, 5.74) is 4.38. The van der Waals surface area contributed by atoms with Crippen LogP contribution in [0.15, 0.2) is 61.7 Å². The first-order chi connectivity index (χ1) is 13.3. The van der Waals surface area contributed by atoms with E-state index in [0.29, 0.717) is 12.5 Å². The van der Waals surface area contributed by atoms with Gasteiger partial charge in [0.05, 0.1) is 30.5 Å². The Labute approximate surface area is 160 Å². The molecule has 27 heavy (non-hydrogen) atoms. The van der Waals surface area contributed by atoms with E-state index in [0.717, 1.165) is 48.7 Å². The van der Waals surface area contributed by atoms with Gasteiger partial charge in [0, 0.05) is 37.1 Å². The SMILES string of the molecule is C=CCn1cc(-c2c(-c3ccccc3)ncn2CCC[C@@H]2CCOC2)cn1. The van der Waals surface area contributed by atoms with Gasteiger partial charge in [-0.2, -0.15) is 5.10 Å². The smallest absolute Gasteiger partial charge is 0.0964 e. The van der Waals surface area contributed by atoms with Crippen molar-refractivity contribution in [3.63, 3.8) is 0 Å². The van der Waals surface area contributed by atoms with E-state index in [1.165, 1.54) is 12.8 Å². The number of hydrogen-bond donors (Lipinski definition) is 0. The van der Waals surface area contributed by atoms with Gasteiger partial charge in [0.2, 0.25) is 0 Å². The average Bonchev–Trinajstić information content (AvgIpc) is 3.43. The second-order valence-corrected chi connectivity index (χ2v) is 7.11. The van der Waals surface area contributed by atoms with Gasteiger partial charge in [-0.15, -0.1) is 6.58 Å². The molecule has 4 rings (SSSR count). The van der Waals surface area contributed by atoms with Crippen molar-refractivity contribution in [2.45, 2.75) is 32.4 Å². The number of imidazole rings is 1. The molecule has 1 atom stereocenters. The highest BCUT2D eigenvalue weighted by Gasteiger charge is 2.18. The van der Waals surface area contributed by atoms with Gasteiger partial charge in [0.25, 0.3) is 0 Å². The first-order valence-electron chi connectivity index (χ1n) is 9.67. The maximum atomic E-state index is 5.50. The van der Waals surface area contributed by atoms with Crippen molar-refractivity contribution in [3.8, 4) is 22.5 Å². The Morgan fingerprint density at radius 3 is 2.89 bits per heavy atom. The average molecular weight is 362 g/mol. The van der Waals surface area contributed by atoms with Gasteiger partial charge in [-0.25, -0.2) is 4.98 Å². The van der Waals surface area contributed by atoms with Gasteiger partial charge < -0.3 is 9.30 Å². The summed E-state index contributed by atoms with van der Waals surface area (Å²) in [6.07, 6.45) is 11.4. The van der Waals surface area contributed by atoms with Crippen molar-refractivity contribution < 1.29 is 4.74 Å². The normalized spacial score (nSPS) is 16.7. The molecule has 1 saturated heterocycles.